The van der Waals surface area contributed by atoms with Crippen molar-refractivity contribution in [2.75, 3.05) is 26.2 Å². The Bertz CT molecular complexity index is 513. The van der Waals surface area contributed by atoms with Crippen LogP contribution in [0, 0.1) is 0 Å². The Balaban J connectivity index is 2.74. The Morgan fingerprint density at radius 3 is 2.22 bits per heavy atom. The summed E-state index contributed by atoms with van der Waals surface area (Å²) < 4.78 is 0. The molecule has 5 nitrogen and oxygen atoms in total. The largest absolute Gasteiger partial charge is 0.465 e. The second-order valence-corrected chi connectivity index (χ2v) is 5.51. The molecule has 0 heterocycles. The third-order valence-corrected chi connectivity index (χ3v) is 3.94. The van der Waals surface area contributed by atoms with Crippen LogP contribution < -0.4 is 0 Å². The van der Waals surface area contributed by atoms with E-state index in [1.54, 1.807) is 4.90 Å². The molecule has 128 valence electrons. The monoisotopic (exact) mass is 320 g/mol. The van der Waals surface area contributed by atoms with E-state index in [1.165, 1.54) is 4.90 Å². The molecular weight excluding hydrogens is 292 g/mol. The van der Waals surface area contributed by atoms with Crippen molar-refractivity contribution in [3.63, 3.8) is 0 Å². The van der Waals surface area contributed by atoms with Crippen LogP contribution in [0.3, 0.4) is 0 Å². The van der Waals surface area contributed by atoms with Gasteiger partial charge in [-0.1, -0.05) is 25.1 Å². The number of carbonyl (C=O) groups excluding carboxylic acids is 1. The van der Waals surface area contributed by atoms with E-state index in [2.05, 4.69) is 0 Å². The SMILES string of the molecule is CCCN(CCCc1ccccc1C(=O)N(CC)CC)C(=O)O. The quantitative estimate of drug-likeness (QED) is 0.757. The van der Waals surface area contributed by atoms with Crippen LogP contribution in [0.25, 0.3) is 0 Å². The zero-order chi connectivity index (χ0) is 17.2. The molecule has 0 aliphatic rings. The Kier molecular flexibility index (Phi) is 8.16. The van der Waals surface area contributed by atoms with Gasteiger partial charge in [0.05, 0.1) is 0 Å². The van der Waals surface area contributed by atoms with E-state index in [1.807, 2.05) is 45.0 Å². The molecule has 0 unspecified atom stereocenters. The van der Waals surface area contributed by atoms with Crippen molar-refractivity contribution >= 4 is 12.0 Å². The molecule has 5 heteroatoms. The molecule has 1 rings (SSSR count). The average molecular weight is 320 g/mol. The number of carbonyl (C=O) groups is 2. The van der Waals surface area contributed by atoms with Gasteiger partial charge in [-0.3, -0.25) is 4.79 Å². The van der Waals surface area contributed by atoms with Crippen LogP contribution in [-0.2, 0) is 6.42 Å². The Morgan fingerprint density at radius 1 is 1.00 bits per heavy atom. The van der Waals surface area contributed by atoms with E-state index in [0.29, 0.717) is 32.6 Å². The highest BCUT2D eigenvalue weighted by Crippen LogP contribution is 2.14. The average Bonchev–Trinajstić information content (AvgIpc) is 2.55. The van der Waals surface area contributed by atoms with Crippen molar-refractivity contribution in [3.8, 4) is 0 Å². The van der Waals surface area contributed by atoms with E-state index >= 15 is 0 Å². The highest BCUT2D eigenvalue weighted by molar-refractivity contribution is 5.95. The lowest BCUT2D eigenvalue weighted by atomic mass is 10.0. The maximum atomic E-state index is 12.6. The number of carboxylic acid groups (broad SMARTS) is 1. The van der Waals surface area contributed by atoms with Crippen LogP contribution in [-0.4, -0.2) is 53.1 Å². The molecular formula is C18H28N2O3. The molecule has 0 aromatic heterocycles. The van der Waals surface area contributed by atoms with Crippen LogP contribution in [0.15, 0.2) is 24.3 Å². The third kappa shape index (κ3) is 5.58. The third-order valence-electron chi connectivity index (χ3n) is 3.94. The van der Waals surface area contributed by atoms with Gasteiger partial charge < -0.3 is 14.9 Å². The van der Waals surface area contributed by atoms with Crippen molar-refractivity contribution in [3.05, 3.63) is 35.4 Å². The molecule has 1 aromatic rings. The molecule has 0 radical (unpaired) electrons. The lowest BCUT2D eigenvalue weighted by molar-refractivity contribution is 0.0771. The minimum atomic E-state index is -0.876. The van der Waals surface area contributed by atoms with Crippen molar-refractivity contribution in [1.82, 2.24) is 9.80 Å². The van der Waals surface area contributed by atoms with Gasteiger partial charge in [0.2, 0.25) is 0 Å². The van der Waals surface area contributed by atoms with Gasteiger partial charge in [0.15, 0.2) is 0 Å². The fourth-order valence-electron chi connectivity index (χ4n) is 2.66. The van der Waals surface area contributed by atoms with E-state index in [0.717, 1.165) is 24.0 Å². The fourth-order valence-corrected chi connectivity index (χ4v) is 2.66. The van der Waals surface area contributed by atoms with Crippen molar-refractivity contribution in [2.45, 2.75) is 40.0 Å². The van der Waals surface area contributed by atoms with Gasteiger partial charge in [0, 0.05) is 31.7 Å². The molecule has 23 heavy (non-hydrogen) atoms. The van der Waals surface area contributed by atoms with Gasteiger partial charge >= 0.3 is 6.09 Å². The molecule has 1 aromatic carbocycles. The number of hydrogen-bond acceptors (Lipinski definition) is 2. The van der Waals surface area contributed by atoms with Crippen molar-refractivity contribution in [2.24, 2.45) is 0 Å². The lowest BCUT2D eigenvalue weighted by Gasteiger charge is -2.21. The summed E-state index contributed by atoms with van der Waals surface area (Å²) in [7, 11) is 0. The van der Waals surface area contributed by atoms with Crippen LogP contribution in [0.1, 0.15) is 49.5 Å². The van der Waals surface area contributed by atoms with Crippen LogP contribution in [0.4, 0.5) is 4.79 Å². The van der Waals surface area contributed by atoms with E-state index < -0.39 is 6.09 Å². The van der Waals surface area contributed by atoms with Crippen molar-refractivity contribution in [1.29, 1.82) is 0 Å². The first kappa shape index (κ1) is 19.0. The van der Waals surface area contributed by atoms with Crippen molar-refractivity contribution < 1.29 is 14.7 Å². The van der Waals surface area contributed by atoms with E-state index in [4.69, 9.17) is 5.11 Å². The molecule has 0 saturated heterocycles. The molecule has 2 amide bonds. The smallest absolute Gasteiger partial charge is 0.407 e. The summed E-state index contributed by atoms with van der Waals surface area (Å²) in [6, 6.07) is 7.62. The minimum Gasteiger partial charge on any atom is -0.465 e. The fraction of sp³-hybridized carbons (Fsp3) is 0.556. The Labute approximate surface area is 138 Å². The minimum absolute atomic E-state index is 0.0502. The zero-order valence-corrected chi connectivity index (χ0v) is 14.4. The topological polar surface area (TPSA) is 60.9 Å². The summed E-state index contributed by atoms with van der Waals surface area (Å²) in [5, 5.41) is 9.15. The van der Waals surface area contributed by atoms with Crippen LogP contribution in [0.2, 0.25) is 0 Å². The summed E-state index contributed by atoms with van der Waals surface area (Å²) in [6.45, 7) is 8.33. The Morgan fingerprint density at radius 2 is 1.65 bits per heavy atom. The molecule has 1 N–H and O–H groups in total. The van der Waals surface area contributed by atoms with Gasteiger partial charge in [-0.25, -0.2) is 4.79 Å². The molecule has 0 bridgehead atoms. The summed E-state index contributed by atoms with van der Waals surface area (Å²) in [5.41, 5.74) is 1.72. The van der Waals surface area contributed by atoms with Crippen LogP contribution in [0.5, 0.6) is 0 Å². The van der Waals surface area contributed by atoms with Gasteiger partial charge in [-0.15, -0.1) is 0 Å². The lowest BCUT2D eigenvalue weighted by Crippen LogP contribution is -2.32. The normalized spacial score (nSPS) is 10.4. The first-order valence-corrected chi connectivity index (χ1v) is 8.40. The molecule has 0 fully saturated rings. The molecule has 0 aliphatic heterocycles. The van der Waals surface area contributed by atoms with Crippen LogP contribution >= 0.6 is 0 Å². The molecule has 0 saturated carbocycles. The summed E-state index contributed by atoms with van der Waals surface area (Å²) in [6.07, 6.45) is 1.36. The number of amides is 2. The zero-order valence-electron chi connectivity index (χ0n) is 14.4. The number of benzene rings is 1. The second-order valence-electron chi connectivity index (χ2n) is 5.51. The van der Waals surface area contributed by atoms with E-state index in [-0.39, 0.29) is 5.91 Å². The van der Waals surface area contributed by atoms with Gasteiger partial charge in [-0.2, -0.15) is 0 Å². The van der Waals surface area contributed by atoms with Gasteiger partial charge in [0.1, 0.15) is 0 Å². The number of rotatable bonds is 9. The number of nitrogens with zero attached hydrogens (tertiary/aromatic N) is 2. The highest BCUT2D eigenvalue weighted by atomic mass is 16.4. The van der Waals surface area contributed by atoms with Gasteiger partial charge in [-0.05, 0) is 44.7 Å². The molecule has 0 atom stereocenters. The molecule has 0 aliphatic carbocycles. The van der Waals surface area contributed by atoms with Gasteiger partial charge in [0.25, 0.3) is 5.91 Å². The predicted octanol–water partition coefficient (Wildman–Crippen LogP) is 3.49. The summed E-state index contributed by atoms with van der Waals surface area (Å²) in [5.74, 6) is 0.0502. The maximum Gasteiger partial charge on any atom is 0.407 e. The summed E-state index contributed by atoms with van der Waals surface area (Å²) in [4.78, 5) is 26.9. The van der Waals surface area contributed by atoms with E-state index in [9.17, 15) is 9.59 Å². The Hall–Kier alpha value is -2.04. The molecule has 0 spiro atoms. The summed E-state index contributed by atoms with van der Waals surface area (Å²) >= 11 is 0. The second kappa shape index (κ2) is 9.87. The number of hydrogen-bond donors (Lipinski definition) is 1. The first-order chi connectivity index (χ1) is 11.0. The predicted molar refractivity (Wildman–Crippen MR) is 91.9 cm³/mol. The number of aryl methyl sites for hydroxylation is 1. The maximum absolute atomic E-state index is 12.6. The first-order valence-electron chi connectivity index (χ1n) is 8.40. The highest BCUT2D eigenvalue weighted by Gasteiger charge is 2.16. The standard InChI is InChI=1S/C18H28N2O3/c1-4-13-20(18(22)23)14-9-11-15-10-7-8-12-16(15)17(21)19(5-2)6-3/h7-8,10,12H,4-6,9,11,13-14H2,1-3H3,(H,22,23).